The number of amides is 1. The van der Waals surface area contributed by atoms with Crippen molar-refractivity contribution in [3.8, 4) is 0 Å². The minimum atomic E-state index is 0.129. The number of hydrogen-bond acceptors (Lipinski definition) is 3. The maximum absolute atomic E-state index is 11.8. The zero-order valence-corrected chi connectivity index (χ0v) is 11.0. The fourth-order valence-electron chi connectivity index (χ4n) is 2.76. The first kappa shape index (κ1) is 12.8. The average molecular weight is 239 g/mol. The molecule has 0 aromatic heterocycles. The van der Waals surface area contributed by atoms with Crippen LogP contribution < -0.4 is 11.1 Å². The SMILES string of the molecule is CC(C)C(=O)N1CCC(NC2CC(N)C2)CC1. The Hall–Kier alpha value is -0.610. The zero-order chi connectivity index (χ0) is 12.4. The van der Waals surface area contributed by atoms with Crippen LogP contribution in [-0.4, -0.2) is 42.0 Å². The molecule has 1 aliphatic carbocycles. The summed E-state index contributed by atoms with van der Waals surface area (Å²) in [5, 5.41) is 3.66. The van der Waals surface area contributed by atoms with Crippen LogP contribution in [-0.2, 0) is 4.79 Å². The Bertz CT molecular complexity index is 266. The first-order valence-corrected chi connectivity index (χ1v) is 6.86. The molecular weight excluding hydrogens is 214 g/mol. The summed E-state index contributed by atoms with van der Waals surface area (Å²) in [6.45, 7) is 5.77. The second-order valence-corrected chi connectivity index (χ2v) is 5.85. The van der Waals surface area contributed by atoms with Crippen LogP contribution in [0.5, 0.6) is 0 Å². The Balaban J connectivity index is 1.69. The predicted octanol–water partition coefficient (Wildman–Crippen LogP) is 0.713. The van der Waals surface area contributed by atoms with Crippen molar-refractivity contribution in [1.82, 2.24) is 10.2 Å². The molecule has 1 saturated carbocycles. The van der Waals surface area contributed by atoms with Crippen LogP contribution in [0.1, 0.15) is 39.5 Å². The molecule has 1 amide bonds. The first-order valence-electron chi connectivity index (χ1n) is 6.86. The second-order valence-electron chi connectivity index (χ2n) is 5.85. The molecule has 1 heterocycles. The molecule has 0 unspecified atom stereocenters. The summed E-state index contributed by atoms with van der Waals surface area (Å²) in [4.78, 5) is 13.8. The molecule has 3 N–H and O–H groups in total. The van der Waals surface area contributed by atoms with Gasteiger partial charge in [0.1, 0.15) is 0 Å². The minimum Gasteiger partial charge on any atom is -0.342 e. The van der Waals surface area contributed by atoms with Gasteiger partial charge in [-0.25, -0.2) is 0 Å². The average Bonchev–Trinajstić information content (AvgIpc) is 2.27. The molecule has 98 valence electrons. The largest absolute Gasteiger partial charge is 0.342 e. The van der Waals surface area contributed by atoms with E-state index in [1.807, 2.05) is 18.7 Å². The van der Waals surface area contributed by atoms with Crippen LogP contribution in [0.25, 0.3) is 0 Å². The third-order valence-corrected chi connectivity index (χ3v) is 3.95. The molecule has 0 spiro atoms. The standard InChI is InChI=1S/C13H25N3O/c1-9(2)13(17)16-5-3-11(4-6-16)15-12-7-10(14)8-12/h9-12,15H,3-8,14H2,1-2H3. The number of piperidine rings is 1. The van der Waals surface area contributed by atoms with Crippen LogP contribution in [0.2, 0.25) is 0 Å². The van der Waals surface area contributed by atoms with Gasteiger partial charge in [0.2, 0.25) is 5.91 Å². The molecule has 4 heteroatoms. The van der Waals surface area contributed by atoms with Gasteiger partial charge in [-0.05, 0) is 25.7 Å². The minimum absolute atomic E-state index is 0.129. The van der Waals surface area contributed by atoms with Crippen LogP contribution >= 0.6 is 0 Å². The van der Waals surface area contributed by atoms with E-state index in [9.17, 15) is 4.79 Å². The molecule has 1 saturated heterocycles. The van der Waals surface area contributed by atoms with Crippen molar-refractivity contribution in [3.05, 3.63) is 0 Å². The highest BCUT2D eigenvalue weighted by Crippen LogP contribution is 2.21. The summed E-state index contributed by atoms with van der Waals surface area (Å²) in [5.74, 6) is 0.429. The number of likely N-dealkylation sites (tertiary alicyclic amines) is 1. The Morgan fingerprint density at radius 3 is 2.29 bits per heavy atom. The lowest BCUT2D eigenvalue weighted by molar-refractivity contribution is -0.135. The van der Waals surface area contributed by atoms with E-state index in [0.29, 0.717) is 24.0 Å². The molecule has 0 atom stereocenters. The van der Waals surface area contributed by atoms with Crippen molar-refractivity contribution in [1.29, 1.82) is 0 Å². The highest BCUT2D eigenvalue weighted by molar-refractivity contribution is 5.78. The fourth-order valence-corrected chi connectivity index (χ4v) is 2.76. The van der Waals surface area contributed by atoms with Gasteiger partial charge in [-0.1, -0.05) is 13.8 Å². The molecule has 0 aromatic rings. The number of carbonyl (C=O) groups excluding carboxylic acids is 1. The van der Waals surface area contributed by atoms with Gasteiger partial charge in [0, 0.05) is 37.1 Å². The van der Waals surface area contributed by atoms with E-state index < -0.39 is 0 Å². The van der Waals surface area contributed by atoms with Gasteiger partial charge in [-0.15, -0.1) is 0 Å². The van der Waals surface area contributed by atoms with E-state index in [1.165, 1.54) is 0 Å². The van der Waals surface area contributed by atoms with E-state index in [4.69, 9.17) is 5.73 Å². The van der Waals surface area contributed by atoms with Crippen molar-refractivity contribution >= 4 is 5.91 Å². The number of nitrogens with two attached hydrogens (primary N) is 1. The topological polar surface area (TPSA) is 58.4 Å². The van der Waals surface area contributed by atoms with Crippen LogP contribution in [0.4, 0.5) is 0 Å². The van der Waals surface area contributed by atoms with Gasteiger partial charge in [-0.2, -0.15) is 0 Å². The molecule has 0 bridgehead atoms. The molecule has 0 aromatic carbocycles. The Kier molecular flexibility index (Phi) is 4.05. The van der Waals surface area contributed by atoms with Crippen molar-refractivity contribution < 1.29 is 4.79 Å². The monoisotopic (exact) mass is 239 g/mol. The number of nitrogens with zero attached hydrogens (tertiary/aromatic N) is 1. The fraction of sp³-hybridized carbons (Fsp3) is 0.923. The molecule has 4 nitrogen and oxygen atoms in total. The zero-order valence-electron chi connectivity index (χ0n) is 11.0. The van der Waals surface area contributed by atoms with Crippen molar-refractivity contribution in [2.24, 2.45) is 11.7 Å². The molecular formula is C13H25N3O. The van der Waals surface area contributed by atoms with Gasteiger partial charge < -0.3 is 16.0 Å². The lowest BCUT2D eigenvalue weighted by Crippen LogP contribution is -2.54. The highest BCUT2D eigenvalue weighted by Gasteiger charge is 2.30. The van der Waals surface area contributed by atoms with Gasteiger partial charge in [0.15, 0.2) is 0 Å². The molecule has 2 rings (SSSR count). The maximum Gasteiger partial charge on any atom is 0.225 e. The number of carbonyl (C=O) groups is 1. The van der Waals surface area contributed by atoms with Gasteiger partial charge in [-0.3, -0.25) is 4.79 Å². The van der Waals surface area contributed by atoms with Crippen molar-refractivity contribution in [2.45, 2.75) is 57.7 Å². The summed E-state index contributed by atoms with van der Waals surface area (Å²) in [5.41, 5.74) is 5.78. The lowest BCUT2D eigenvalue weighted by atomic mass is 9.86. The van der Waals surface area contributed by atoms with E-state index in [0.717, 1.165) is 38.8 Å². The Morgan fingerprint density at radius 1 is 1.24 bits per heavy atom. The van der Waals surface area contributed by atoms with E-state index >= 15 is 0 Å². The lowest BCUT2D eigenvalue weighted by Gasteiger charge is -2.40. The maximum atomic E-state index is 11.8. The third kappa shape index (κ3) is 3.19. The molecule has 2 fully saturated rings. The predicted molar refractivity (Wildman–Crippen MR) is 68.6 cm³/mol. The van der Waals surface area contributed by atoms with Gasteiger partial charge in [0.25, 0.3) is 0 Å². The molecule has 1 aliphatic heterocycles. The van der Waals surface area contributed by atoms with E-state index in [1.54, 1.807) is 0 Å². The molecule has 17 heavy (non-hydrogen) atoms. The Morgan fingerprint density at radius 2 is 1.82 bits per heavy atom. The summed E-state index contributed by atoms with van der Waals surface area (Å²) in [7, 11) is 0. The Labute approximate surface area is 104 Å². The summed E-state index contributed by atoms with van der Waals surface area (Å²) < 4.78 is 0. The van der Waals surface area contributed by atoms with Gasteiger partial charge >= 0.3 is 0 Å². The smallest absolute Gasteiger partial charge is 0.225 e. The van der Waals surface area contributed by atoms with Gasteiger partial charge in [0.05, 0.1) is 0 Å². The van der Waals surface area contributed by atoms with E-state index in [-0.39, 0.29) is 5.92 Å². The number of rotatable bonds is 3. The van der Waals surface area contributed by atoms with E-state index in [2.05, 4.69) is 5.32 Å². The molecule has 0 radical (unpaired) electrons. The normalized spacial score (nSPS) is 30.5. The summed E-state index contributed by atoms with van der Waals surface area (Å²) in [6.07, 6.45) is 4.41. The highest BCUT2D eigenvalue weighted by atomic mass is 16.2. The number of hydrogen-bond donors (Lipinski definition) is 2. The summed E-state index contributed by atoms with van der Waals surface area (Å²) >= 11 is 0. The van der Waals surface area contributed by atoms with Crippen LogP contribution in [0.15, 0.2) is 0 Å². The van der Waals surface area contributed by atoms with Crippen molar-refractivity contribution in [3.63, 3.8) is 0 Å². The number of nitrogens with one attached hydrogen (secondary N) is 1. The third-order valence-electron chi connectivity index (χ3n) is 3.95. The first-order chi connectivity index (χ1) is 8.06. The van der Waals surface area contributed by atoms with Crippen LogP contribution in [0, 0.1) is 5.92 Å². The quantitative estimate of drug-likeness (QED) is 0.762. The summed E-state index contributed by atoms with van der Waals surface area (Å²) in [6, 6.07) is 1.63. The van der Waals surface area contributed by atoms with Crippen LogP contribution in [0.3, 0.4) is 0 Å². The molecule has 2 aliphatic rings. The van der Waals surface area contributed by atoms with Crippen molar-refractivity contribution in [2.75, 3.05) is 13.1 Å². The second kappa shape index (κ2) is 5.36.